The van der Waals surface area contributed by atoms with Crippen molar-refractivity contribution in [3.05, 3.63) is 47.8 Å². The van der Waals surface area contributed by atoms with Gasteiger partial charge in [-0.15, -0.1) is 0 Å². The van der Waals surface area contributed by atoms with Gasteiger partial charge in [-0.25, -0.2) is 0 Å². The van der Waals surface area contributed by atoms with E-state index in [0.29, 0.717) is 35.4 Å². The molecular weight excluding hydrogens is 316 g/mol. The highest BCUT2D eigenvalue weighted by molar-refractivity contribution is 7.99. The number of amides is 1. The Labute approximate surface area is 138 Å². The lowest BCUT2D eigenvalue weighted by atomic mass is 10.2. The predicted molar refractivity (Wildman–Crippen MR) is 86.8 cm³/mol. The molecule has 0 saturated heterocycles. The Balaban J connectivity index is 1.60. The van der Waals surface area contributed by atoms with Crippen molar-refractivity contribution >= 4 is 23.4 Å². The van der Waals surface area contributed by atoms with Crippen molar-refractivity contribution in [2.24, 2.45) is 0 Å². The first-order valence-corrected chi connectivity index (χ1v) is 8.21. The van der Waals surface area contributed by atoms with Gasteiger partial charge in [-0.05, 0) is 30.0 Å². The number of anilines is 1. The summed E-state index contributed by atoms with van der Waals surface area (Å²) in [5.74, 6) is 1.29. The number of nitrogens with one attached hydrogen (secondary N) is 1. The summed E-state index contributed by atoms with van der Waals surface area (Å²) in [7, 11) is 0. The van der Waals surface area contributed by atoms with E-state index < -0.39 is 0 Å². The molecule has 1 aromatic heterocycles. The highest BCUT2D eigenvalue weighted by Gasteiger charge is 2.13. The molecule has 2 aromatic rings. The van der Waals surface area contributed by atoms with Crippen LogP contribution in [0.25, 0.3) is 0 Å². The number of aromatic nitrogens is 1. The molecule has 0 aliphatic carbocycles. The fourth-order valence-corrected chi connectivity index (χ4v) is 2.82. The monoisotopic (exact) mass is 332 g/mol. The van der Waals surface area contributed by atoms with Crippen LogP contribution in [-0.2, 0) is 4.79 Å². The van der Waals surface area contributed by atoms with Crippen molar-refractivity contribution < 1.29 is 19.0 Å². The minimum atomic E-state index is -0.187. The van der Waals surface area contributed by atoms with Crippen LogP contribution in [0.15, 0.2) is 47.6 Å². The number of rotatable bonds is 4. The predicted octanol–water partition coefficient (Wildman–Crippen LogP) is 2.21. The number of hydrogen-bond donors (Lipinski definition) is 1. The van der Waals surface area contributed by atoms with E-state index >= 15 is 0 Å². The average Bonchev–Trinajstić information content (AvgIpc) is 2.79. The van der Waals surface area contributed by atoms with Gasteiger partial charge in [-0.3, -0.25) is 4.79 Å². The van der Waals surface area contributed by atoms with Crippen LogP contribution in [0.4, 0.5) is 5.69 Å². The minimum Gasteiger partial charge on any atom is -0.618 e. The second-order valence-electron chi connectivity index (χ2n) is 4.91. The third-order valence-corrected chi connectivity index (χ3v) is 4.19. The Kier molecular flexibility index (Phi) is 4.87. The maximum absolute atomic E-state index is 12.0. The van der Waals surface area contributed by atoms with Crippen LogP contribution < -0.4 is 19.5 Å². The lowest BCUT2D eigenvalue weighted by molar-refractivity contribution is -0.645. The number of pyridine rings is 1. The molecule has 0 unspecified atom stereocenters. The first-order chi connectivity index (χ1) is 11.2. The molecule has 6 nitrogen and oxygen atoms in total. The lowest BCUT2D eigenvalue weighted by Gasteiger charge is -2.10. The Morgan fingerprint density at radius 1 is 1.22 bits per heavy atom. The zero-order chi connectivity index (χ0) is 16.1. The quantitative estimate of drug-likeness (QED) is 0.528. The van der Waals surface area contributed by atoms with E-state index in [1.165, 1.54) is 18.0 Å². The summed E-state index contributed by atoms with van der Waals surface area (Å²) in [6.45, 7) is 1.22. The molecule has 3 rings (SSSR count). The fourth-order valence-electron chi connectivity index (χ4n) is 2.10. The third kappa shape index (κ3) is 4.07. The number of carbonyl (C=O) groups excluding carboxylic acids is 1. The molecule has 1 amide bonds. The molecule has 1 aliphatic heterocycles. The maximum atomic E-state index is 12.0. The largest absolute Gasteiger partial charge is 0.618 e. The average molecular weight is 332 g/mol. The van der Waals surface area contributed by atoms with Gasteiger partial charge in [0, 0.05) is 30.3 Å². The third-order valence-electron chi connectivity index (χ3n) is 3.17. The van der Waals surface area contributed by atoms with Gasteiger partial charge < -0.3 is 20.0 Å². The van der Waals surface area contributed by atoms with Gasteiger partial charge in [-0.2, -0.15) is 4.73 Å². The van der Waals surface area contributed by atoms with E-state index in [1.807, 2.05) is 0 Å². The van der Waals surface area contributed by atoms with Crippen molar-refractivity contribution in [3.63, 3.8) is 0 Å². The van der Waals surface area contributed by atoms with Gasteiger partial charge in [0.2, 0.25) is 5.91 Å². The lowest BCUT2D eigenvalue weighted by Crippen LogP contribution is -2.28. The molecule has 0 saturated carbocycles. The van der Waals surface area contributed by atoms with Gasteiger partial charge in [0.05, 0.1) is 19.0 Å². The fraction of sp³-hybridized carbons (Fsp3) is 0.250. The molecule has 2 heterocycles. The normalized spacial score (nSPS) is 13.2. The van der Waals surface area contributed by atoms with E-state index in [0.717, 1.165) is 11.2 Å². The summed E-state index contributed by atoms with van der Waals surface area (Å²) in [5.41, 5.74) is 0.642. The molecule has 7 heteroatoms. The summed E-state index contributed by atoms with van der Waals surface area (Å²) < 4.78 is 11.9. The van der Waals surface area contributed by atoms with Crippen molar-refractivity contribution in [3.8, 4) is 11.5 Å². The summed E-state index contributed by atoms with van der Waals surface area (Å²) in [6.07, 6.45) is 2.24. The second kappa shape index (κ2) is 7.23. The number of fused-ring (bicyclic) bond motifs is 1. The second-order valence-corrected chi connectivity index (χ2v) is 5.91. The van der Waals surface area contributed by atoms with Crippen LogP contribution in [0, 0.1) is 5.21 Å². The van der Waals surface area contributed by atoms with E-state index in [1.54, 1.807) is 36.4 Å². The molecule has 1 aliphatic rings. The number of nitrogens with zero attached hydrogens (tertiary/aromatic N) is 1. The highest BCUT2D eigenvalue weighted by Crippen LogP contribution is 2.32. The molecule has 1 N–H and O–H groups in total. The minimum absolute atomic E-state index is 0.153. The van der Waals surface area contributed by atoms with Crippen molar-refractivity contribution in [1.29, 1.82) is 0 Å². The van der Waals surface area contributed by atoms with Crippen molar-refractivity contribution in [2.75, 3.05) is 24.3 Å². The first kappa shape index (κ1) is 15.5. The van der Waals surface area contributed by atoms with Crippen LogP contribution in [-0.4, -0.2) is 24.9 Å². The van der Waals surface area contributed by atoms with Gasteiger partial charge in [0.15, 0.2) is 17.7 Å². The topological polar surface area (TPSA) is 74.5 Å². The number of hydrogen-bond acceptors (Lipinski definition) is 5. The molecule has 120 valence electrons. The van der Waals surface area contributed by atoms with Gasteiger partial charge in [0.25, 0.3) is 5.03 Å². The van der Waals surface area contributed by atoms with Crippen LogP contribution in [0.3, 0.4) is 0 Å². The number of ether oxygens (including phenoxy) is 2. The van der Waals surface area contributed by atoms with Gasteiger partial charge >= 0.3 is 0 Å². The van der Waals surface area contributed by atoms with Crippen molar-refractivity contribution in [2.45, 2.75) is 11.4 Å². The van der Waals surface area contributed by atoms with E-state index in [4.69, 9.17) is 9.47 Å². The molecule has 0 atom stereocenters. The summed E-state index contributed by atoms with van der Waals surface area (Å²) in [5, 5.41) is 14.8. The Hall–Kier alpha value is -2.41. The molecule has 1 aromatic carbocycles. The first-order valence-electron chi connectivity index (χ1n) is 7.23. The Morgan fingerprint density at radius 3 is 2.87 bits per heavy atom. The van der Waals surface area contributed by atoms with Crippen molar-refractivity contribution in [1.82, 2.24) is 0 Å². The number of thioether (sulfide) groups is 1. The zero-order valence-electron chi connectivity index (χ0n) is 12.4. The van der Waals surface area contributed by atoms with E-state index in [2.05, 4.69) is 5.32 Å². The van der Waals surface area contributed by atoms with Crippen LogP contribution in [0.2, 0.25) is 0 Å². The summed E-state index contributed by atoms with van der Waals surface area (Å²) in [4.78, 5) is 12.0. The van der Waals surface area contributed by atoms with Crippen LogP contribution in [0.1, 0.15) is 6.42 Å². The Bertz CT molecular complexity index is 708. The summed E-state index contributed by atoms with van der Waals surface area (Å²) in [6, 6.07) is 10.4. The summed E-state index contributed by atoms with van der Waals surface area (Å²) >= 11 is 1.19. The molecule has 0 fully saturated rings. The number of carbonyl (C=O) groups is 1. The van der Waals surface area contributed by atoms with E-state index in [9.17, 15) is 10.0 Å². The maximum Gasteiger partial charge on any atom is 0.251 e. The van der Waals surface area contributed by atoms with Gasteiger partial charge in [0.1, 0.15) is 0 Å². The Morgan fingerprint density at radius 2 is 2.04 bits per heavy atom. The zero-order valence-corrected chi connectivity index (χ0v) is 13.2. The molecular formula is C16H16N2O4S. The number of benzene rings is 1. The molecule has 0 bridgehead atoms. The molecule has 0 spiro atoms. The van der Waals surface area contributed by atoms with Crippen LogP contribution in [0.5, 0.6) is 11.5 Å². The smallest absolute Gasteiger partial charge is 0.251 e. The molecule has 0 radical (unpaired) electrons. The van der Waals surface area contributed by atoms with E-state index in [-0.39, 0.29) is 11.7 Å². The SMILES string of the molecule is O=C(CSc1cccc[n+]1[O-])Nc1ccc2c(c1)OCCCO2. The van der Waals surface area contributed by atoms with Gasteiger partial charge in [-0.1, -0.05) is 0 Å². The highest BCUT2D eigenvalue weighted by atomic mass is 32.2. The van der Waals surface area contributed by atoms with Crippen LogP contribution >= 0.6 is 11.8 Å². The standard InChI is InChI=1S/C16H16N2O4S/c19-15(11-23-16-4-1-2-7-18(16)20)17-12-5-6-13-14(10-12)22-9-3-8-21-13/h1-2,4-7,10H,3,8-9,11H2,(H,17,19). The molecule has 23 heavy (non-hydrogen) atoms.